The van der Waals surface area contributed by atoms with Crippen molar-refractivity contribution in [1.29, 1.82) is 0 Å². The molecule has 2 rings (SSSR count). The molecule has 22 heavy (non-hydrogen) atoms. The van der Waals surface area contributed by atoms with Crippen molar-refractivity contribution in [3.05, 3.63) is 63.4 Å². The molecule has 0 aromatic heterocycles. The van der Waals surface area contributed by atoms with Crippen molar-refractivity contribution in [2.75, 3.05) is 10.6 Å². The van der Waals surface area contributed by atoms with Crippen LogP contribution in [-0.4, -0.2) is 11.2 Å². The van der Waals surface area contributed by atoms with Crippen molar-refractivity contribution in [3.63, 3.8) is 0 Å². The summed E-state index contributed by atoms with van der Waals surface area (Å²) in [5.74, 6) is -0.778. The second kappa shape index (κ2) is 7.85. The van der Waals surface area contributed by atoms with Crippen LogP contribution < -0.4 is 11.1 Å². The van der Waals surface area contributed by atoms with Crippen LogP contribution in [0.2, 0.25) is 0 Å². The molecule has 0 atom stereocenters. The Kier molecular flexibility index (Phi) is 6.11. The summed E-state index contributed by atoms with van der Waals surface area (Å²) in [7, 11) is 0. The van der Waals surface area contributed by atoms with Crippen molar-refractivity contribution in [1.82, 2.24) is 0 Å². The number of alkyl halides is 1. The monoisotopic (exact) mass is 428 g/mol. The Hall–Kier alpha value is -1.24. The van der Waals surface area contributed by atoms with Gasteiger partial charge < -0.3 is 11.1 Å². The van der Waals surface area contributed by atoms with Crippen LogP contribution in [0.15, 0.2) is 40.9 Å². The summed E-state index contributed by atoms with van der Waals surface area (Å²) >= 11 is 6.75. The molecule has 0 fully saturated rings. The van der Waals surface area contributed by atoms with Crippen LogP contribution >= 0.6 is 31.9 Å². The van der Waals surface area contributed by atoms with E-state index < -0.39 is 5.82 Å². The van der Waals surface area contributed by atoms with Crippen molar-refractivity contribution in [2.45, 2.75) is 13.0 Å². The quantitative estimate of drug-likeness (QED) is 0.698. The molecular weight excluding hydrogens is 415 g/mol. The van der Waals surface area contributed by atoms with E-state index in [1.54, 1.807) is 12.1 Å². The molecule has 0 heterocycles. The van der Waals surface area contributed by atoms with E-state index in [1.165, 1.54) is 12.1 Å². The summed E-state index contributed by atoms with van der Waals surface area (Å²) in [6.07, 6.45) is 0.644. The van der Waals surface area contributed by atoms with Gasteiger partial charge in [-0.25, -0.2) is 4.39 Å². The Morgan fingerprint density at radius 3 is 2.73 bits per heavy atom. The first-order valence-electron chi connectivity index (χ1n) is 6.70. The molecule has 0 bridgehead atoms. The third-order valence-corrected chi connectivity index (χ3v) is 4.39. The number of hydrogen-bond acceptors (Lipinski definition) is 2. The van der Waals surface area contributed by atoms with Crippen molar-refractivity contribution < 1.29 is 9.18 Å². The minimum absolute atomic E-state index is 0.286. The lowest BCUT2D eigenvalue weighted by atomic mass is 10.0. The zero-order valence-electron chi connectivity index (χ0n) is 11.7. The molecule has 116 valence electrons. The maximum Gasteiger partial charge on any atom is 0.256 e. The number of benzene rings is 2. The highest BCUT2D eigenvalue weighted by Crippen LogP contribution is 2.25. The van der Waals surface area contributed by atoms with Gasteiger partial charge >= 0.3 is 0 Å². The number of amides is 1. The molecule has 2 aromatic carbocycles. The highest BCUT2D eigenvalue weighted by Gasteiger charge is 2.15. The SMILES string of the molecule is NCc1c(Br)cccc1NC(=O)c1cc(F)ccc1CCBr. The predicted octanol–water partition coefficient (Wildman–Crippen LogP) is 4.24. The Labute approximate surface area is 145 Å². The maximum atomic E-state index is 13.5. The highest BCUT2D eigenvalue weighted by atomic mass is 79.9. The van der Waals surface area contributed by atoms with Gasteiger partial charge in [0.1, 0.15) is 5.82 Å². The summed E-state index contributed by atoms with van der Waals surface area (Å²) < 4.78 is 14.3. The Bertz CT molecular complexity index is 692. The van der Waals surface area contributed by atoms with Crippen LogP contribution in [0.4, 0.5) is 10.1 Å². The molecule has 2 aromatic rings. The average molecular weight is 430 g/mol. The Morgan fingerprint density at radius 2 is 2.05 bits per heavy atom. The van der Waals surface area contributed by atoms with Gasteiger partial charge in [0.25, 0.3) is 5.91 Å². The van der Waals surface area contributed by atoms with Crippen LogP contribution in [0.5, 0.6) is 0 Å². The van der Waals surface area contributed by atoms with Crippen LogP contribution in [0.1, 0.15) is 21.5 Å². The summed E-state index contributed by atoms with van der Waals surface area (Å²) in [4.78, 5) is 12.5. The van der Waals surface area contributed by atoms with Crippen molar-refractivity contribution in [3.8, 4) is 0 Å². The fraction of sp³-hybridized carbons (Fsp3) is 0.188. The average Bonchev–Trinajstić information content (AvgIpc) is 2.49. The maximum absolute atomic E-state index is 13.5. The largest absolute Gasteiger partial charge is 0.326 e. The van der Waals surface area contributed by atoms with E-state index in [2.05, 4.69) is 37.2 Å². The molecule has 0 spiro atoms. The number of carbonyl (C=O) groups is 1. The van der Waals surface area contributed by atoms with E-state index in [0.29, 0.717) is 23.0 Å². The summed E-state index contributed by atoms with van der Waals surface area (Å²) in [6.45, 7) is 0.286. The van der Waals surface area contributed by atoms with Gasteiger partial charge in [-0.1, -0.05) is 44.0 Å². The first-order chi connectivity index (χ1) is 10.6. The number of halogens is 3. The third kappa shape index (κ3) is 3.94. The number of aryl methyl sites for hydroxylation is 1. The van der Waals surface area contributed by atoms with Crippen LogP contribution in [-0.2, 0) is 13.0 Å². The van der Waals surface area contributed by atoms with E-state index in [0.717, 1.165) is 15.6 Å². The molecule has 0 aliphatic carbocycles. The molecule has 6 heteroatoms. The lowest BCUT2D eigenvalue weighted by Crippen LogP contribution is -2.17. The summed E-state index contributed by atoms with van der Waals surface area (Å²) in [5.41, 5.74) is 8.27. The second-order valence-electron chi connectivity index (χ2n) is 4.66. The van der Waals surface area contributed by atoms with Crippen LogP contribution in [0, 0.1) is 5.82 Å². The number of hydrogen-bond donors (Lipinski definition) is 2. The van der Waals surface area contributed by atoms with Crippen LogP contribution in [0.25, 0.3) is 0 Å². The van der Waals surface area contributed by atoms with E-state index in [1.807, 2.05) is 12.1 Å². The van der Waals surface area contributed by atoms with Gasteiger partial charge in [-0.05, 0) is 36.2 Å². The molecule has 3 nitrogen and oxygen atoms in total. The van der Waals surface area contributed by atoms with Gasteiger partial charge in [0.2, 0.25) is 0 Å². The molecule has 3 N–H and O–H groups in total. The standard InChI is InChI=1S/C16H15Br2FN2O/c17-7-6-10-4-5-11(19)8-12(10)16(22)21-15-3-1-2-14(18)13(15)9-20/h1-5,8H,6-7,9,20H2,(H,21,22). The zero-order chi connectivity index (χ0) is 16.1. The first-order valence-corrected chi connectivity index (χ1v) is 8.61. The Morgan fingerprint density at radius 1 is 1.27 bits per heavy atom. The molecule has 0 radical (unpaired) electrons. The lowest BCUT2D eigenvalue weighted by Gasteiger charge is -2.13. The van der Waals surface area contributed by atoms with Gasteiger partial charge in [-0.3, -0.25) is 4.79 Å². The molecule has 0 unspecified atom stereocenters. The predicted molar refractivity (Wildman–Crippen MR) is 93.9 cm³/mol. The van der Waals surface area contributed by atoms with Gasteiger partial charge in [-0.15, -0.1) is 0 Å². The number of nitrogens with two attached hydrogens (primary N) is 1. The minimum atomic E-state index is -0.434. The number of nitrogens with one attached hydrogen (secondary N) is 1. The summed E-state index contributed by atoms with van der Waals surface area (Å²) in [6, 6.07) is 9.69. The molecule has 0 saturated heterocycles. The fourth-order valence-electron chi connectivity index (χ4n) is 2.15. The number of rotatable bonds is 5. The number of carbonyl (C=O) groups excluding carboxylic acids is 1. The van der Waals surface area contributed by atoms with E-state index in [9.17, 15) is 9.18 Å². The molecular formula is C16H15Br2FN2O. The molecule has 0 saturated carbocycles. The van der Waals surface area contributed by atoms with Crippen molar-refractivity contribution in [2.24, 2.45) is 5.73 Å². The highest BCUT2D eigenvalue weighted by molar-refractivity contribution is 9.10. The third-order valence-electron chi connectivity index (χ3n) is 3.25. The van der Waals surface area contributed by atoms with E-state index in [4.69, 9.17) is 5.73 Å². The molecule has 0 aliphatic heterocycles. The molecule has 0 aliphatic rings. The zero-order valence-corrected chi connectivity index (χ0v) is 14.9. The van der Waals surface area contributed by atoms with Crippen molar-refractivity contribution >= 4 is 43.5 Å². The van der Waals surface area contributed by atoms with Gasteiger partial charge in [0, 0.05) is 33.2 Å². The minimum Gasteiger partial charge on any atom is -0.326 e. The van der Waals surface area contributed by atoms with E-state index >= 15 is 0 Å². The van der Waals surface area contributed by atoms with Gasteiger partial charge in [0.15, 0.2) is 0 Å². The fourth-order valence-corrected chi connectivity index (χ4v) is 3.11. The van der Waals surface area contributed by atoms with Gasteiger partial charge in [0.05, 0.1) is 0 Å². The number of anilines is 1. The lowest BCUT2D eigenvalue weighted by molar-refractivity contribution is 0.102. The van der Waals surface area contributed by atoms with E-state index in [-0.39, 0.29) is 12.5 Å². The smallest absolute Gasteiger partial charge is 0.256 e. The Balaban J connectivity index is 2.34. The summed E-state index contributed by atoms with van der Waals surface area (Å²) in [5, 5.41) is 3.51. The first kappa shape index (κ1) is 17.1. The topological polar surface area (TPSA) is 55.1 Å². The normalized spacial score (nSPS) is 10.5. The second-order valence-corrected chi connectivity index (χ2v) is 6.31. The molecule has 1 amide bonds. The van der Waals surface area contributed by atoms with Gasteiger partial charge in [-0.2, -0.15) is 0 Å². The van der Waals surface area contributed by atoms with Crippen LogP contribution in [0.3, 0.4) is 0 Å².